The largest absolute Gasteiger partial charge is 0.361 e. The van der Waals surface area contributed by atoms with Crippen molar-refractivity contribution in [3.63, 3.8) is 0 Å². The monoisotopic (exact) mass is 334 g/mol. The highest BCUT2D eigenvalue weighted by atomic mass is 79.9. The molecule has 0 atom stereocenters. The first-order chi connectivity index (χ1) is 9.31. The second-order valence-corrected chi connectivity index (χ2v) is 7.08. The van der Waals surface area contributed by atoms with Crippen LogP contribution in [0.5, 0.6) is 0 Å². The van der Waals surface area contributed by atoms with Crippen LogP contribution in [0.25, 0.3) is 10.9 Å². The van der Waals surface area contributed by atoms with E-state index in [-0.39, 0.29) is 0 Å². The van der Waals surface area contributed by atoms with Gasteiger partial charge in [0.05, 0.1) is 3.79 Å². The lowest BCUT2D eigenvalue weighted by Crippen LogP contribution is -2.16. The second-order valence-electron chi connectivity index (χ2n) is 4.53. The zero-order chi connectivity index (χ0) is 13.1. The van der Waals surface area contributed by atoms with E-state index in [2.05, 4.69) is 62.6 Å². The molecule has 0 radical (unpaired) electrons. The highest BCUT2D eigenvalue weighted by Crippen LogP contribution is 2.22. The molecule has 19 heavy (non-hydrogen) atoms. The summed E-state index contributed by atoms with van der Waals surface area (Å²) >= 11 is 5.30. The fourth-order valence-corrected chi connectivity index (χ4v) is 3.63. The van der Waals surface area contributed by atoms with Gasteiger partial charge in [0.1, 0.15) is 0 Å². The summed E-state index contributed by atoms with van der Waals surface area (Å²) in [4.78, 5) is 4.63. The summed E-state index contributed by atoms with van der Waals surface area (Å²) in [5, 5.41) is 4.78. The van der Waals surface area contributed by atoms with Crippen molar-refractivity contribution in [2.45, 2.75) is 13.0 Å². The molecule has 0 unspecified atom stereocenters. The average molecular weight is 335 g/mol. The molecule has 3 aromatic rings. The molecule has 1 aromatic carbocycles. The van der Waals surface area contributed by atoms with Crippen molar-refractivity contribution in [3.05, 3.63) is 56.8 Å². The van der Waals surface area contributed by atoms with E-state index in [1.165, 1.54) is 25.1 Å². The quantitative estimate of drug-likeness (QED) is 0.668. The zero-order valence-corrected chi connectivity index (χ0v) is 12.9. The number of hydrogen-bond acceptors (Lipinski definition) is 2. The molecule has 3 rings (SSSR count). The fraction of sp³-hybridized carbons (Fsp3) is 0.200. The first-order valence-electron chi connectivity index (χ1n) is 6.32. The number of aromatic nitrogens is 1. The maximum Gasteiger partial charge on any atom is 0.0701 e. The van der Waals surface area contributed by atoms with Gasteiger partial charge in [-0.05, 0) is 63.6 Å². The van der Waals surface area contributed by atoms with Crippen LogP contribution >= 0.6 is 27.3 Å². The Morgan fingerprint density at radius 1 is 1.16 bits per heavy atom. The minimum absolute atomic E-state index is 0.924. The number of aromatic amines is 1. The molecule has 0 aliphatic heterocycles. The van der Waals surface area contributed by atoms with Crippen molar-refractivity contribution >= 4 is 38.2 Å². The molecule has 4 heteroatoms. The molecule has 2 heterocycles. The lowest BCUT2D eigenvalue weighted by atomic mass is 10.1. The first-order valence-corrected chi connectivity index (χ1v) is 7.93. The number of H-pyrrole nitrogens is 1. The van der Waals surface area contributed by atoms with E-state index in [1.807, 2.05) is 17.5 Å². The number of halogens is 1. The Labute approximate surface area is 125 Å². The van der Waals surface area contributed by atoms with Crippen LogP contribution in [0, 0.1) is 0 Å². The van der Waals surface area contributed by atoms with E-state index in [1.54, 1.807) is 0 Å². The van der Waals surface area contributed by atoms with Gasteiger partial charge in [0.15, 0.2) is 0 Å². The molecule has 2 N–H and O–H groups in total. The molecule has 2 aromatic heterocycles. The van der Waals surface area contributed by atoms with Crippen LogP contribution in [0.3, 0.4) is 0 Å². The predicted molar refractivity (Wildman–Crippen MR) is 85.7 cm³/mol. The molecule has 0 bridgehead atoms. The molecule has 0 fully saturated rings. The van der Waals surface area contributed by atoms with E-state index >= 15 is 0 Å². The van der Waals surface area contributed by atoms with Crippen LogP contribution in [0.15, 0.2) is 46.4 Å². The molecule has 98 valence electrons. The zero-order valence-electron chi connectivity index (χ0n) is 10.4. The summed E-state index contributed by atoms with van der Waals surface area (Å²) in [7, 11) is 0. The number of thiophene rings is 1. The number of fused-ring (bicyclic) bond motifs is 1. The van der Waals surface area contributed by atoms with Crippen LogP contribution in [-0.2, 0) is 13.0 Å². The lowest BCUT2D eigenvalue weighted by Gasteiger charge is -2.04. The van der Waals surface area contributed by atoms with Gasteiger partial charge in [0.2, 0.25) is 0 Å². The van der Waals surface area contributed by atoms with Gasteiger partial charge in [-0.3, -0.25) is 0 Å². The summed E-state index contributed by atoms with van der Waals surface area (Å²) in [6.07, 6.45) is 3.07. The highest BCUT2D eigenvalue weighted by molar-refractivity contribution is 9.11. The van der Waals surface area contributed by atoms with Crippen molar-refractivity contribution in [1.82, 2.24) is 10.3 Å². The maximum atomic E-state index is 3.50. The minimum atomic E-state index is 0.924. The van der Waals surface area contributed by atoms with Gasteiger partial charge in [-0.1, -0.05) is 6.07 Å². The van der Waals surface area contributed by atoms with Crippen LogP contribution in [0.2, 0.25) is 0 Å². The van der Waals surface area contributed by atoms with E-state index in [0.717, 1.165) is 19.5 Å². The SMILES string of the molecule is Brc1ccc(CCNCc2ccc3[nH]ccc3c2)s1. The van der Waals surface area contributed by atoms with Crippen LogP contribution in [-0.4, -0.2) is 11.5 Å². The Hall–Kier alpha value is -1.10. The minimum Gasteiger partial charge on any atom is -0.361 e. The van der Waals surface area contributed by atoms with E-state index in [4.69, 9.17) is 0 Å². The number of rotatable bonds is 5. The molecular weight excluding hydrogens is 320 g/mol. The summed E-state index contributed by atoms with van der Waals surface area (Å²) < 4.78 is 1.21. The van der Waals surface area contributed by atoms with Crippen molar-refractivity contribution in [1.29, 1.82) is 0 Å². The molecule has 0 aliphatic carbocycles. The third-order valence-electron chi connectivity index (χ3n) is 3.12. The first kappa shape index (κ1) is 12.9. The molecule has 0 spiro atoms. The standard InChI is InChI=1S/C15H15BrN2S/c16-15-4-2-13(19-15)6-7-17-10-11-1-3-14-12(9-11)5-8-18-14/h1-5,8-9,17-18H,6-7,10H2. The molecule has 0 amide bonds. The summed E-state index contributed by atoms with van der Waals surface area (Å²) in [5.41, 5.74) is 2.53. The Balaban J connectivity index is 1.51. The van der Waals surface area contributed by atoms with Gasteiger partial charge in [0.25, 0.3) is 0 Å². The van der Waals surface area contributed by atoms with E-state index in [0.29, 0.717) is 0 Å². The van der Waals surface area contributed by atoms with Gasteiger partial charge in [-0.15, -0.1) is 11.3 Å². The van der Waals surface area contributed by atoms with Gasteiger partial charge >= 0.3 is 0 Å². The van der Waals surface area contributed by atoms with Crippen LogP contribution < -0.4 is 5.32 Å². The number of nitrogens with one attached hydrogen (secondary N) is 2. The van der Waals surface area contributed by atoms with Crippen molar-refractivity contribution < 1.29 is 0 Å². The highest BCUT2D eigenvalue weighted by Gasteiger charge is 1.99. The van der Waals surface area contributed by atoms with E-state index in [9.17, 15) is 0 Å². The van der Waals surface area contributed by atoms with Crippen molar-refractivity contribution in [3.8, 4) is 0 Å². The third-order valence-corrected chi connectivity index (χ3v) is 4.81. The smallest absolute Gasteiger partial charge is 0.0701 e. The van der Waals surface area contributed by atoms with Gasteiger partial charge in [-0.2, -0.15) is 0 Å². The topological polar surface area (TPSA) is 27.8 Å². The summed E-state index contributed by atoms with van der Waals surface area (Å²) in [6, 6.07) is 13.0. The summed E-state index contributed by atoms with van der Waals surface area (Å²) in [5.74, 6) is 0. The summed E-state index contributed by atoms with van der Waals surface area (Å²) in [6.45, 7) is 1.94. The molecule has 0 aliphatic rings. The normalized spacial score (nSPS) is 11.2. The van der Waals surface area contributed by atoms with Crippen molar-refractivity contribution in [2.75, 3.05) is 6.54 Å². The maximum absolute atomic E-state index is 3.50. The molecule has 2 nitrogen and oxygen atoms in total. The number of benzene rings is 1. The Bertz CT molecular complexity index is 671. The second kappa shape index (κ2) is 5.90. The van der Waals surface area contributed by atoms with Gasteiger partial charge in [0, 0.05) is 29.7 Å². The molecule has 0 saturated carbocycles. The predicted octanol–water partition coefficient (Wildman–Crippen LogP) is 4.32. The van der Waals surface area contributed by atoms with Crippen molar-refractivity contribution in [2.24, 2.45) is 0 Å². The Morgan fingerprint density at radius 3 is 2.95 bits per heavy atom. The average Bonchev–Trinajstić information content (AvgIpc) is 3.03. The third kappa shape index (κ3) is 3.26. The van der Waals surface area contributed by atoms with Crippen LogP contribution in [0.4, 0.5) is 0 Å². The van der Waals surface area contributed by atoms with Crippen LogP contribution in [0.1, 0.15) is 10.4 Å². The lowest BCUT2D eigenvalue weighted by molar-refractivity contribution is 0.691. The molecule has 0 saturated heterocycles. The Kier molecular flexibility index (Phi) is 4.01. The van der Waals surface area contributed by atoms with Gasteiger partial charge < -0.3 is 10.3 Å². The number of hydrogen-bond donors (Lipinski definition) is 2. The van der Waals surface area contributed by atoms with E-state index < -0.39 is 0 Å². The Morgan fingerprint density at radius 2 is 2.11 bits per heavy atom. The van der Waals surface area contributed by atoms with Gasteiger partial charge in [-0.25, -0.2) is 0 Å². The fourth-order valence-electron chi connectivity index (χ4n) is 2.14. The molecular formula is C15H15BrN2S.